The van der Waals surface area contributed by atoms with E-state index in [1.54, 1.807) is 36.7 Å². The molecule has 1 aliphatic rings. The summed E-state index contributed by atoms with van der Waals surface area (Å²) in [6, 6.07) is 6.42. The zero-order chi connectivity index (χ0) is 19.8. The van der Waals surface area contributed by atoms with Gasteiger partial charge in [-0.1, -0.05) is 6.07 Å². The lowest BCUT2D eigenvalue weighted by Gasteiger charge is -2.19. The predicted octanol–water partition coefficient (Wildman–Crippen LogP) is 2.79. The zero-order valence-electron chi connectivity index (χ0n) is 16.2. The lowest BCUT2D eigenvalue weighted by Crippen LogP contribution is -2.29. The van der Waals surface area contributed by atoms with Crippen LogP contribution in [0.25, 0.3) is 0 Å². The molecule has 3 rings (SSSR count). The van der Waals surface area contributed by atoms with Crippen molar-refractivity contribution in [1.29, 1.82) is 0 Å². The lowest BCUT2D eigenvalue weighted by molar-refractivity contribution is -0.119. The van der Waals surface area contributed by atoms with Crippen LogP contribution >= 0.6 is 0 Å². The number of hydrogen-bond acceptors (Lipinski definition) is 4. The number of sulfonamides is 1. The molecule has 27 heavy (non-hydrogen) atoms. The van der Waals surface area contributed by atoms with Crippen LogP contribution in [0.5, 0.6) is 0 Å². The fraction of sp³-hybridized carbons (Fsp3) is 0.474. The fourth-order valence-electron chi connectivity index (χ4n) is 3.42. The number of aryl methyl sites for hydroxylation is 3. The van der Waals surface area contributed by atoms with Crippen molar-refractivity contribution in [3.8, 4) is 0 Å². The second-order valence-corrected chi connectivity index (χ2v) is 9.03. The first-order valence-electron chi connectivity index (χ1n) is 9.14. The molecule has 146 valence electrons. The van der Waals surface area contributed by atoms with Gasteiger partial charge in [0.2, 0.25) is 15.9 Å². The maximum atomic E-state index is 12.9. The van der Waals surface area contributed by atoms with Crippen LogP contribution < -0.4 is 5.32 Å². The summed E-state index contributed by atoms with van der Waals surface area (Å²) in [5.74, 6) is -0.241. The molecule has 0 radical (unpaired) electrons. The van der Waals surface area contributed by atoms with Crippen LogP contribution in [-0.2, 0) is 14.8 Å². The number of amides is 1. The van der Waals surface area contributed by atoms with Gasteiger partial charge in [0.05, 0.1) is 10.6 Å². The minimum atomic E-state index is -3.54. The summed E-state index contributed by atoms with van der Waals surface area (Å²) in [7, 11) is -3.54. The molecule has 0 unspecified atom stereocenters. The first-order chi connectivity index (χ1) is 12.7. The molecule has 1 aliphatic heterocycles. The molecular formula is C19H26N4O3S. The van der Waals surface area contributed by atoms with Gasteiger partial charge < -0.3 is 5.32 Å². The normalized spacial score (nSPS) is 16.4. The number of benzene rings is 1. The molecular weight excluding hydrogens is 364 g/mol. The van der Waals surface area contributed by atoms with E-state index < -0.39 is 16.1 Å². The maximum Gasteiger partial charge on any atom is 0.248 e. The minimum absolute atomic E-state index is 0.241. The number of anilines is 1. The third kappa shape index (κ3) is 3.91. The number of aromatic nitrogens is 2. The molecule has 1 fully saturated rings. The quantitative estimate of drug-likeness (QED) is 0.851. The van der Waals surface area contributed by atoms with Crippen molar-refractivity contribution in [2.24, 2.45) is 0 Å². The molecule has 0 aliphatic carbocycles. The molecule has 1 aromatic carbocycles. The highest BCUT2D eigenvalue weighted by atomic mass is 32.2. The van der Waals surface area contributed by atoms with Gasteiger partial charge in [0, 0.05) is 24.5 Å². The van der Waals surface area contributed by atoms with Gasteiger partial charge in [0.1, 0.15) is 6.04 Å². The van der Waals surface area contributed by atoms with Gasteiger partial charge >= 0.3 is 0 Å². The summed E-state index contributed by atoms with van der Waals surface area (Å²) in [4.78, 5) is 12.9. The molecule has 1 N–H and O–H groups in total. The van der Waals surface area contributed by atoms with Gasteiger partial charge in [-0.15, -0.1) is 0 Å². The molecule has 0 saturated carbocycles. The highest BCUT2D eigenvalue weighted by molar-refractivity contribution is 7.89. The average molecular weight is 391 g/mol. The number of hydrogen-bond donors (Lipinski definition) is 1. The highest BCUT2D eigenvalue weighted by Gasteiger charge is 2.29. The topological polar surface area (TPSA) is 84.3 Å². The SMILES string of the molecule is Cc1cc(C)n([C@@H](C)C(=O)Nc2ccc(C)c(S(=O)(=O)N3CCCC3)c2)n1. The van der Waals surface area contributed by atoms with E-state index >= 15 is 0 Å². The number of carbonyl (C=O) groups excluding carboxylic acids is 1. The second kappa shape index (κ2) is 7.44. The van der Waals surface area contributed by atoms with E-state index in [0.29, 0.717) is 24.3 Å². The molecule has 2 aromatic rings. The molecule has 1 saturated heterocycles. The van der Waals surface area contributed by atoms with Crippen LogP contribution in [-0.4, -0.2) is 41.5 Å². The van der Waals surface area contributed by atoms with Crippen molar-refractivity contribution in [2.75, 3.05) is 18.4 Å². The van der Waals surface area contributed by atoms with Gasteiger partial charge in [-0.05, 0) is 64.3 Å². The third-order valence-electron chi connectivity index (χ3n) is 4.93. The van der Waals surface area contributed by atoms with E-state index in [2.05, 4.69) is 10.4 Å². The van der Waals surface area contributed by atoms with E-state index in [1.807, 2.05) is 19.9 Å². The van der Waals surface area contributed by atoms with Crippen LogP contribution in [0.3, 0.4) is 0 Å². The molecule has 7 nitrogen and oxygen atoms in total. The molecule has 1 amide bonds. The molecule has 8 heteroatoms. The Morgan fingerprint density at radius 1 is 1.15 bits per heavy atom. The summed E-state index contributed by atoms with van der Waals surface area (Å²) < 4.78 is 29.0. The monoisotopic (exact) mass is 390 g/mol. The summed E-state index contributed by atoms with van der Waals surface area (Å²) in [5.41, 5.74) is 2.89. The largest absolute Gasteiger partial charge is 0.324 e. The van der Waals surface area contributed by atoms with Crippen molar-refractivity contribution < 1.29 is 13.2 Å². The molecule has 1 atom stereocenters. The Morgan fingerprint density at radius 2 is 1.81 bits per heavy atom. The first-order valence-corrected chi connectivity index (χ1v) is 10.6. The average Bonchev–Trinajstić information content (AvgIpc) is 3.25. The number of rotatable bonds is 5. The van der Waals surface area contributed by atoms with Gasteiger partial charge in [0.25, 0.3) is 0 Å². The van der Waals surface area contributed by atoms with Crippen LogP contribution in [0.15, 0.2) is 29.2 Å². The second-order valence-electron chi connectivity index (χ2n) is 7.13. The van der Waals surface area contributed by atoms with Gasteiger partial charge in [0.15, 0.2) is 0 Å². The van der Waals surface area contributed by atoms with Crippen molar-refractivity contribution in [3.05, 3.63) is 41.2 Å². The molecule has 0 spiro atoms. The Morgan fingerprint density at radius 3 is 2.41 bits per heavy atom. The van der Waals surface area contributed by atoms with Gasteiger partial charge in [-0.2, -0.15) is 9.40 Å². The lowest BCUT2D eigenvalue weighted by atomic mass is 10.2. The molecule has 0 bridgehead atoms. The standard InChI is InChI=1S/C19H26N4O3S/c1-13-7-8-17(12-18(13)27(25,26)22-9-5-6-10-22)20-19(24)16(4)23-15(3)11-14(2)21-23/h7-8,11-12,16H,5-6,9-10H2,1-4H3,(H,20,24)/t16-/m0/s1. The van der Waals surface area contributed by atoms with Gasteiger partial charge in [-0.3, -0.25) is 9.48 Å². The first kappa shape index (κ1) is 19.6. The predicted molar refractivity (Wildman–Crippen MR) is 104 cm³/mol. The fourth-order valence-corrected chi connectivity index (χ4v) is 5.19. The number of carbonyl (C=O) groups is 1. The molecule has 1 aromatic heterocycles. The van der Waals surface area contributed by atoms with Crippen LogP contribution in [0.1, 0.15) is 42.8 Å². The van der Waals surface area contributed by atoms with E-state index in [-0.39, 0.29) is 10.8 Å². The Kier molecular flexibility index (Phi) is 5.39. The highest BCUT2D eigenvalue weighted by Crippen LogP contribution is 2.26. The maximum absolute atomic E-state index is 12.9. The smallest absolute Gasteiger partial charge is 0.248 e. The minimum Gasteiger partial charge on any atom is -0.324 e. The van der Waals surface area contributed by atoms with E-state index in [4.69, 9.17) is 0 Å². The van der Waals surface area contributed by atoms with Crippen molar-refractivity contribution in [1.82, 2.24) is 14.1 Å². The van der Waals surface area contributed by atoms with E-state index in [0.717, 1.165) is 24.2 Å². The summed E-state index contributed by atoms with van der Waals surface area (Å²) >= 11 is 0. The van der Waals surface area contributed by atoms with Crippen LogP contribution in [0, 0.1) is 20.8 Å². The van der Waals surface area contributed by atoms with E-state index in [9.17, 15) is 13.2 Å². The van der Waals surface area contributed by atoms with Crippen LogP contribution in [0.2, 0.25) is 0 Å². The Bertz CT molecular complexity index is 959. The van der Waals surface area contributed by atoms with Crippen molar-refractivity contribution in [3.63, 3.8) is 0 Å². The Hall–Kier alpha value is -2.19. The summed E-state index contributed by atoms with van der Waals surface area (Å²) in [6.07, 6.45) is 1.77. The summed E-state index contributed by atoms with van der Waals surface area (Å²) in [5, 5.41) is 7.17. The van der Waals surface area contributed by atoms with Crippen molar-refractivity contribution >= 4 is 21.6 Å². The Balaban J connectivity index is 1.83. The number of nitrogens with zero attached hydrogens (tertiary/aromatic N) is 3. The van der Waals surface area contributed by atoms with E-state index in [1.165, 1.54) is 4.31 Å². The van der Waals surface area contributed by atoms with Crippen molar-refractivity contribution in [2.45, 2.75) is 51.5 Å². The third-order valence-corrected chi connectivity index (χ3v) is 6.97. The number of nitrogens with one attached hydrogen (secondary N) is 1. The van der Waals surface area contributed by atoms with Crippen LogP contribution in [0.4, 0.5) is 5.69 Å². The Labute approximate surface area is 160 Å². The molecule has 2 heterocycles. The summed E-state index contributed by atoms with van der Waals surface area (Å²) in [6.45, 7) is 8.42. The van der Waals surface area contributed by atoms with Gasteiger partial charge in [-0.25, -0.2) is 8.42 Å². The zero-order valence-corrected chi connectivity index (χ0v) is 17.0.